The lowest BCUT2D eigenvalue weighted by atomic mass is 10.2. The highest BCUT2D eigenvalue weighted by Crippen LogP contribution is 2.38. The van der Waals surface area contributed by atoms with Crippen molar-refractivity contribution in [3.8, 4) is 0 Å². The smallest absolute Gasteiger partial charge is 0.251 e. The van der Waals surface area contributed by atoms with Crippen molar-refractivity contribution in [1.82, 2.24) is 14.5 Å². The molecule has 0 bridgehead atoms. The largest absolute Gasteiger partial charge is 0.345 e. The number of aryl methyl sites for hydroxylation is 2. The fourth-order valence-corrected chi connectivity index (χ4v) is 3.68. The van der Waals surface area contributed by atoms with Gasteiger partial charge in [0.1, 0.15) is 0 Å². The third kappa shape index (κ3) is 3.42. The third-order valence-electron chi connectivity index (χ3n) is 4.17. The molecule has 2 heterocycles. The van der Waals surface area contributed by atoms with Crippen molar-refractivity contribution in [2.24, 2.45) is 0 Å². The first kappa shape index (κ1) is 16.1. The lowest BCUT2D eigenvalue weighted by molar-refractivity contribution is 0.102. The highest BCUT2D eigenvalue weighted by molar-refractivity contribution is 7.99. The number of aromatic amines is 1. The number of rotatable bonds is 6. The highest BCUT2D eigenvalue weighted by Gasteiger charge is 2.28. The molecular weight excluding hydrogens is 310 g/mol. The zero-order chi connectivity index (χ0) is 16.6. The minimum atomic E-state index is -0.168. The standard InChI is InChI=1S/C17H21N3O2S/c1-4-12-8-16(22)19-17(18-12)23-9-15(21)14-7-10(2)20(11(14)3)13-5-6-13/h7-8,13H,4-6,9H2,1-3H3,(H,18,19,22). The molecule has 2 aromatic heterocycles. The van der Waals surface area contributed by atoms with Crippen molar-refractivity contribution in [3.05, 3.63) is 45.1 Å². The lowest BCUT2D eigenvalue weighted by Gasteiger charge is -2.07. The van der Waals surface area contributed by atoms with Gasteiger partial charge in [0.05, 0.1) is 5.75 Å². The number of thioether (sulfide) groups is 1. The predicted octanol–water partition coefficient (Wildman–Crippen LogP) is 3.06. The number of Topliss-reactive ketones (excluding diaryl/α,β-unsaturated/α-hetero) is 1. The summed E-state index contributed by atoms with van der Waals surface area (Å²) >= 11 is 1.29. The van der Waals surface area contributed by atoms with Crippen LogP contribution < -0.4 is 5.56 Å². The van der Waals surface area contributed by atoms with Gasteiger partial charge in [0.25, 0.3) is 5.56 Å². The molecule has 0 aromatic carbocycles. The van der Waals surface area contributed by atoms with Crippen molar-refractivity contribution < 1.29 is 4.79 Å². The summed E-state index contributed by atoms with van der Waals surface area (Å²) in [6.45, 7) is 6.02. The van der Waals surface area contributed by atoms with Gasteiger partial charge in [-0.2, -0.15) is 0 Å². The first-order valence-electron chi connectivity index (χ1n) is 7.94. The molecule has 0 atom stereocenters. The van der Waals surface area contributed by atoms with Crippen LogP contribution in [0.15, 0.2) is 22.1 Å². The van der Waals surface area contributed by atoms with E-state index < -0.39 is 0 Å². The first-order chi connectivity index (χ1) is 11.0. The monoisotopic (exact) mass is 331 g/mol. The molecule has 23 heavy (non-hydrogen) atoms. The Bertz CT molecular complexity index is 803. The van der Waals surface area contributed by atoms with Gasteiger partial charge in [-0.3, -0.25) is 9.59 Å². The lowest BCUT2D eigenvalue weighted by Crippen LogP contribution is -2.11. The van der Waals surface area contributed by atoms with Crippen LogP contribution in [0.4, 0.5) is 0 Å². The Labute approximate surface area is 139 Å². The van der Waals surface area contributed by atoms with E-state index >= 15 is 0 Å². The second-order valence-electron chi connectivity index (χ2n) is 5.99. The van der Waals surface area contributed by atoms with E-state index in [1.54, 1.807) is 0 Å². The second kappa shape index (κ2) is 6.35. The van der Waals surface area contributed by atoms with Crippen LogP contribution in [0.2, 0.25) is 0 Å². The van der Waals surface area contributed by atoms with E-state index in [9.17, 15) is 9.59 Å². The Morgan fingerprint density at radius 1 is 1.39 bits per heavy atom. The van der Waals surface area contributed by atoms with E-state index in [0.717, 1.165) is 22.6 Å². The molecule has 5 nitrogen and oxygen atoms in total. The minimum absolute atomic E-state index is 0.0829. The number of H-pyrrole nitrogens is 1. The number of nitrogens with zero attached hydrogens (tertiary/aromatic N) is 2. The summed E-state index contributed by atoms with van der Waals surface area (Å²) in [5.74, 6) is 0.366. The van der Waals surface area contributed by atoms with Crippen LogP contribution in [0, 0.1) is 13.8 Å². The maximum atomic E-state index is 12.5. The average molecular weight is 331 g/mol. The minimum Gasteiger partial charge on any atom is -0.345 e. The molecule has 1 aliphatic carbocycles. The molecule has 3 rings (SSSR count). The van der Waals surface area contributed by atoms with Crippen molar-refractivity contribution in [2.45, 2.75) is 51.2 Å². The summed E-state index contributed by atoms with van der Waals surface area (Å²) in [7, 11) is 0. The fraction of sp³-hybridized carbons (Fsp3) is 0.471. The van der Waals surface area contributed by atoms with Crippen LogP contribution in [-0.2, 0) is 6.42 Å². The fourth-order valence-electron chi connectivity index (χ4n) is 2.90. The molecule has 1 N–H and O–H groups in total. The van der Waals surface area contributed by atoms with Crippen molar-refractivity contribution in [1.29, 1.82) is 0 Å². The maximum Gasteiger partial charge on any atom is 0.251 e. The summed E-state index contributed by atoms with van der Waals surface area (Å²) in [5.41, 5.74) is 3.57. The molecule has 122 valence electrons. The third-order valence-corrected chi connectivity index (χ3v) is 5.05. The Morgan fingerprint density at radius 2 is 2.13 bits per heavy atom. The summed E-state index contributed by atoms with van der Waals surface area (Å²) in [6.07, 6.45) is 3.11. The number of ketones is 1. The van der Waals surface area contributed by atoms with Gasteiger partial charge in [0.2, 0.25) is 0 Å². The number of carbonyl (C=O) groups is 1. The molecule has 6 heteroatoms. The molecule has 2 aromatic rings. The average Bonchev–Trinajstić information content (AvgIpc) is 3.30. The molecule has 0 amide bonds. The van der Waals surface area contributed by atoms with Crippen LogP contribution in [0.5, 0.6) is 0 Å². The molecule has 0 saturated heterocycles. The Hall–Kier alpha value is -1.82. The second-order valence-corrected chi connectivity index (χ2v) is 6.96. The zero-order valence-electron chi connectivity index (χ0n) is 13.7. The van der Waals surface area contributed by atoms with Crippen LogP contribution in [0.25, 0.3) is 0 Å². The molecular formula is C17H21N3O2S. The quantitative estimate of drug-likeness (QED) is 0.502. The summed E-state index contributed by atoms with van der Waals surface area (Å²) in [5, 5.41) is 0.513. The van der Waals surface area contributed by atoms with Gasteiger partial charge in [0, 0.05) is 34.8 Å². The molecule has 0 aliphatic heterocycles. The van der Waals surface area contributed by atoms with Gasteiger partial charge in [0.15, 0.2) is 10.9 Å². The number of carbonyl (C=O) groups excluding carboxylic acids is 1. The van der Waals surface area contributed by atoms with Gasteiger partial charge in [-0.1, -0.05) is 18.7 Å². The highest BCUT2D eigenvalue weighted by atomic mass is 32.2. The molecule has 1 fully saturated rings. The van der Waals surface area contributed by atoms with E-state index in [1.165, 1.54) is 30.7 Å². The van der Waals surface area contributed by atoms with E-state index in [4.69, 9.17) is 0 Å². The van der Waals surface area contributed by atoms with E-state index in [0.29, 0.717) is 17.6 Å². The maximum absolute atomic E-state index is 12.5. The Kier molecular flexibility index (Phi) is 4.43. The van der Waals surface area contributed by atoms with E-state index in [1.807, 2.05) is 19.9 Å². The van der Waals surface area contributed by atoms with Gasteiger partial charge >= 0.3 is 0 Å². The predicted molar refractivity (Wildman–Crippen MR) is 91.5 cm³/mol. The number of hydrogen-bond donors (Lipinski definition) is 1. The number of nitrogens with one attached hydrogen (secondary N) is 1. The normalized spacial score (nSPS) is 14.2. The molecule has 1 aliphatic rings. The topological polar surface area (TPSA) is 67.8 Å². The van der Waals surface area contributed by atoms with E-state index in [2.05, 4.69) is 21.5 Å². The van der Waals surface area contributed by atoms with Crippen LogP contribution >= 0.6 is 11.8 Å². The number of hydrogen-bond acceptors (Lipinski definition) is 4. The van der Waals surface area contributed by atoms with E-state index in [-0.39, 0.29) is 17.1 Å². The molecule has 0 unspecified atom stereocenters. The van der Waals surface area contributed by atoms with Gasteiger partial charge < -0.3 is 9.55 Å². The Morgan fingerprint density at radius 3 is 2.78 bits per heavy atom. The SMILES string of the molecule is CCc1cc(=O)[nH]c(SCC(=O)c2cc(C)n(C3CC3)c2C)n1. The Balaban J connectivity index is 1.74. The summed E-state index contributed by atoms with van der Waals surface area (Å²) in [6, 6.07) is 4.05. The van der Waals surface area contributed by atoms with Crippen molar-refractivity contribution in [3.63, 3.8) is 0 Å². The molecule has 1 saturated carbocycles. The van der Waals surface area contributed by atoms with Crippen LogP contribution in [0.1, 0.15) is 53.2 Å². The van der Waals surface area contributed by atoms with Crippen LogP contribution in [-0.4, -0.2) is 26.1 Å². The van der Waals surface area contributed by atoms with Crippen LogP contribution in [0.3, 0.4) is 0 Å². The molecule has 0 radical (unpaired) electrons. The van der Waals surface area contributed by atoms with Gasteiger partial charge in [-0.25, -0.2) is 4.98 Å². The van der Waals surface area contributed by atoms with Gasteiger partial charge in [-0.15, -0.1) is 0 Å². The number of aromatic nitrogens is 3. The van der Waals surface area contributed by atoms with Crippen molar-refractivity contribution >= 4 is 17.5 Å². The molecule has 0 spiro atoms. The summed E-state index contributed by atoms with van der Waals surface area (Å²) < 4.78 is 2.27. The van der Waals surface area contributed by atoms with Crippen molar-refractivity contribution in [2.75, 3.05) is 5.75 Å². The summed E-state index contributed by atoms with van der Waals surface area (Å²) in [4.78, 5) is 31.1. The zero-order valence-corrected chi connectivity index (χ0v) is 14.5. The van der Waals surface area contributed by atoms with Gasteiger partial charge in [-0.05, 0) is 39.2 Å². The first-order valence-corrected chi connectivity index (χ1v) is 8.92.